The van der Waals surface area contributed by atoms with Crippen LogP contribution >= 0.6 is 23.5 Å². The average Bonchev–Trinajstić information content (AvgIpc) is 3.23. The second-order valence-corrected chi connectivity index (χ2v) is 8.63. The van der Waals surface area contributed by atoms with Crippen molar-refractivity contribution in [3.8, 4) is 0 Å². The third kappa shape index (κ3) is 4.14. The third-order valence-electron chi connectivity index (χ3n) is 4.78. The maximum Gasteiger partial charge on any atom is 0.352 e. The van der Waals surface area contributed by atoms with Gasteiger partial charge in [0.05, 0.1) is 0 Å². The first kappa shape index (κ1) is 23.1. The lowest BCUT2D eigenvalue weighted by atomic mass is 9.98. The number of fused-ring (bicyclic) bond motifs is 1. The van der Waals surface area contributed by atoms with Crippen LogP contribution in [0.15, 0.2) is 20.9 Å². The van der Waals surface area contributed by atoms with Gasteiger partial charge in [0.15, 0.2) is 0 Å². The Morgan fingerprint density at radius 1 is 1.52 bits per heavy atom. The van der Waals surface area contributed by atoms with Crippen LogP contribution in [-0.2, 0) is 30.3 Å². The second kappa shape index (κ2) is 9.28. The number of hydrogen-bond donors (Lipinski definition) is 3. The minimum Gasteiger partial charge on any atom is -0.477 e. The predicted octanol–water partition coefficient (Wildman–Crippen LogP) is -0.429. The molecule has 1 fully saturated rings. The van der Waals surface area contributed by atoms with Crippen molar-refractivity contribution in [2.45, 2.75) is 42.6 Å². The van der Waals surface area contributed by atoms with Crippen molar-refractivity contribution in [3.63, 3.8) is 0 Å². The molecule has 0 aromatic carbocycles. The van der Waals surface area contributed by atoms with Crippen molar-refractivity contribution in [1.29, 1.82) is 0 Å². The monoisotopic (exact) mass is 471 g/mol. The second-order valence-electron chi connectivity index (χ2n) is 6.63. The summed E-state index contributed by atoms with van der Waals surface area (Å²) in [5, 5.41) is 21.9. The number of carboxylic acids is 1. The molecule has 31 heavy (non-hydrogen) atoms. The van der Waals surface area contributed by atoms with E-state index in [0.717, 1.165) is 4.90 Å². The highest BCUT2D eigenvalue weighted by molar-refractivity contribution is 8.01. The van der Waals surface area contributed by atoms with Gasteiger partial charge in [-0.05, 0) is 12.5 Å². The molecule has 3 heterocycles. The van der Waals surface area contributed by atoms with Crippen molar-refractivity contribution in [2.24, 2.45) is 0 Å². The number of nitrogens with zero attached hydrogens (tertiary/aromatic N) is 3. The standard InChI is InChI=1S/C17H21N5O7S2/c1-4-10-20-21-16(29-10)31-6-9-5-30-15-17(28-3,19-12(24)8(2)18-7-23)14(27)22(15)11(9)13(25)26/h7-8,15H,4-6H2,1-3H3,(H,18,23)(H,19,24)(H,25,26)/t8?,15?,17-/m0/s1. The Morgan fingerprint density at radius 2 is 2.26 bits per heavy atom. The molecule has 1 saturated heterocycles. The minimum atomic E-state index is -1.72. The minimum absolute atomic E-state index is 0.155. The van der Waals surface area contributed by atoms with Gasteiger partial charge in [0.2, 0.25) is 18.2 Å². The Hall–Kier alpha value is -2.58. The van der Waals surface area contributed by atoms with Gasteiger partial charge in [0.25, 0.3) is 16.9 Å². The van der Waals surface area contributed by atoms with Crippen LogP contribution in [0.25, 0.3) is 0 Å². The summed E-state index contributed by atoms with van der Waals surface area (Å²) in [6.07, 6.45) is 0.957. The van der Waals surface area contributed by atoms with Gasteiger partial charge in [0.1, 0.15) is 17.1 Å². The number of carbonyl (C=O) groups is 4. The number of aliphatic carboxylic acids is 1. The molecule has 168 valence electrons. The fourth-order valence-electron chi connectivity index (χ4n) is 3.11. The van der Waals surface area contributed by atoms with E-state index in [1.807, 2.05) is 6.92 Å². The average molecular weight is 472 g/mol. The van der Waals surface area contributed by atoms with Gasteiger partial charge in [-0.25, -0.2) is 4.79 Å². The van der Waals surface area contributed by atoms with E-state index in [2.05, 4.69) is 20.8 Å². The number of rotatable bonds is 10. The molecule has 3 amide bonds. The number of thioether (sulfide) groups is 2. The number of β-lactam (4-membered cyclic amide) rings is 1. The highest BCUT2D eigenvalue weighted by atomic mass is 32.2. The molecular formula is C17H21N5O7S2. The largest absolute Gasteiger partial charge is 0.477 e. The van der Waals surface area contributed by atoms with Crippen molar-refractivity contribution in [1.82, 2.24) is 25.7 Å². The van der Waals surface area contributed by atoms with Crippen LogP contribution < -0.4 is 10.6 Å². The Labute approximate surface area is 185 Å². The van der Waals surface area contributed by atoms with Gasteiger partial charge in [-0.1, -0.05) is 18.7 Å². The third-order valence-corrected chi connectivity index (χ3v) is 7.05. The lowest BCUT2D eigenvalue weighted by Crippen LogP contribution is -2.81. The van der Waals surface area contributed by atoms with Gasteiger partial charge in [-0.2, -0.15) is 0 Å². The smallest absolute Gasteiger partial charge is 0.352 e. The lowest BCUT2D eigenvalue weighted by Gasteiger charge is -2.56. The van der Waals surface area contributed by atoms with E-state index in [0.29, 0.717) is 35.3 Å². The van der Waals surface area contributed by atoms with Crippen LogP contribution in [0.4, 0.5) is 0 Å². The maximum atomic E-state index is 13.0. The number of methoxy groups -OCH3 is 1. The maximum absolute atomic E-state index is 13.0. The molecule has 2 aliphatic rings. The molecule has 3 N–H and O–H groups in total. The van der Waals surface area contributed by atoms with Gasteiger partial charge < -0.3 is 24.9 Å². The van der Waals surface area contributed by atoms with Gasteiger partial charge in [0, 0.05) is 25.0 Å². The molecule has 0 spiro atoms. The molecule has 12 nitrogen and oxygen atoms in total. The summed E-state index contributed by atoms with van der Waals surface area (Å²) in [5.41, 5.74) is -1.37. The number of carbonyl (C=O) groups excluding carboxylic acids is 3. The van der Waals surface area contributed by atoms with E-state index >= 15 is 0 Å². The summed E-state index contributed by atoms with van der Waals surface area (Å²) in [7, 11) is 1.25. The molecular weight excluding hydrogens is 450 g/mol. The van der Waals surface area contributed by atoms with Crippen molar-refractivity contribution < 1.29 is 33.4 Å². The van der Waals surface area contributed by atoms with E-state index in [9.17, 15) is 24.3 Å². The van der Waals surface area contributed by atoms with E-state index < -0.39 is 34.9 Å². The zero-order valence-corrected chi connectivity index (χ0v) is 18.5. The first-order valence-corrected chi connectivity index (χ1v) is 11.2. The van der Waals surface area contributed by atoms with Crippen LogP contribution in [0.3, 0.4) is 0 Å². The molecule has 0 aliphatic carbocycles. The highest BCUT2D eigenvalue weighted by Gasteiger charge is 2.66. The Balaban J connectivity index is 1.80. The number of aryl methyl sites for hydroxylation is 1. The van der Waals surface area contributed by atoms with Crippen molar-refractivity contribution in [2.75, 3.05) is 18.6 Å². The van der Waals surface area contributed by atoms with Gasteiger partial charge in [-0.15, -0.1) is 22.0 Å². The molecule has 2 aliphatic heterocycles. The van der Waals surface area contributed by atoms with Crippen LogP contribution in [-0.4, -0.2) is 80.2 Å². The Bertz CT molecular complexity index is 936. The highest BCUT2D eigenvalue weighted by Crippen LogP contribution is 2.47. The Kier molecular flexibility index (Phi) is 6.91. The molecule has 0 saturated carbocycles. The quantitative estimate of drug-likeness (QED) is 0.175. The zero-order valence-electron chi connectivity index (χ0n) is 16.9. The van der Waals surface area contributed by atoms with Gasteiger partial charge >= 0.3 is 5.97 Å². The molecule has 3 atom stereocenters. The molecule has 0 bridgehead atoms. The topological polar surface area (TPSA) is 164 Å². The SMILES string of the molecule is CCc1nnc(SCC2=C(C(=O)O)N3C(=O)[C@](NC(=O)C(C)NC=O)(OC)C3SC2)o1. The summed E-state index contributed by atoms with van der Waals surface area (Å²) in [5.74, 6) is -1.59. The number of amides is 3. The van der Waals surface area contributed by atoms with Crippen LogP contribution in [0, 0.1) is 0 Å². The van der Waals surface area contributed by atoms with Crippen LogP contribution in [0.5, 0.6) is 0 Å². The van der Waals surface area contributed by atoms with Gasteiger partial charge in [-0.3, -0.25) is 19.3 Å². The first-order valence-electron chi connectivity index (χ1n) is 9.21. The number of carboxylic acid groups (broad SMARTS) is 1. The first-order chi connectivity index (χ1) is 14.8. The molecule has 2 unspecified atom stereocenters. The number of nitrogens with one attached hydrogen (secondary N) is 2. The zero-order chi connectivity index (χ0) is 22.8. The number of hydrogen-bond acceptors (Lipinski definition) is 10. The normalized spacial score (nSPS) is 23.6. The summed E-state index contributed by atoms with van der Waals surface area (Å²) in [4.78, 5) is 49.0. The van der Waals surface area contributed by atoms with E-state index in [4.69, 9.17) is 9.15 Å². The van der Waals surface area contributed by atoms with E-state index in [1.165, 1.54) is 37.6 Å². The number of aromatic nitrogens is 2. The van der Waals surface area contributed by atoms with E-state index in [-0.39, 0.29) is 11.4 Å². The fraction of sp³-hybridized carbons (Fsp3) is 0.529. The molecule has 3 rings (SSSR count). The number of ether oxygens (including phenoxy) is 1. The van der Waals surface area contributed by atoms with Crippen LogP contribution in [0.2, 0.25) is 0 Å². The van der Waals surface area contributed by atoms with Crippen molar-refractivity contribution in [3.05, 3.63) is 17.2 Å². The molecule has 0 radical (unpaired) electrons. The Morgan fingerprint density at radius 3 is 2.84 bits per heavy atom. The molecule has 1 aromatic rings. The molecule has 14 heteroatoms. The molecule has 1 aromatic heterocycles. The predicted molar refractivity (Wildman–Crippen MR) is 109 cm³/mol. The summed E-state index contributed by atoms with van der Waals surface area (Å²) in [6.45, 7) is 3.32. The van der Waals surface area contributed by atoms with Crippen molar-refractivity contribution >= 4 is 47.7 Å². The van der Waals surface area contributed by atoms with Crippen LogP contribution in [0.1, 0.15) is 19.7 Å². The lowest BCUT2D eigenvalue weighted by molar-refractivity contribution is -0.192. The summed E-state index contributed by atoms with van der Waals surface area (Å²) < 4.78 is 10.8. The summed E-state index contributed by atoms with van der Waals surface area (Å²) >= 11 is 2.45. The van der Waals surface area contributed by atoms with E-state index in [1.54, 1.807) is 0 Å². The fourth-order valence-corrected chi connectivity index (χ4v) is 5.47. The summed E-state index contributed by atoms with van der Waals surface area (Å²) in [6, 6.07) is -0.899.